The lowest BCUT2D eigenvalue weighted by Gasteiger charge is -2.24. The third-order valence-electron chi connectivity index (χ3n) is 4.59. The molecule has 3 heterocycles. The Bertz CT molecular complexity index is 948. The average molecular weight is 403 g/mol. The Morgan fingerprint density at radius 1 is 1.33 bits per heavy atom. The number of benzene rings is 1. The zero-order chi connectivity index (χ0) is 18.6. The van der Waals surface area contributed by atoms with E-state index in [1.54, 1.807) is 17.7 Å². The quantitative estimate of drug-likeness (QED) is 0.726. The lowest BCUT2D eigenvalue weighted by molar-refractivity contribution is -0.126. The molecule has 27 heavy (non-hydrogen) atoms. The second-order valence-electron chi connectivity index (χ2n) is 6.36. The highest BCUT2D eigenvalue weighted by molar-refractivity contribution is 7.16. The van der Waals surface area contributed by atoms with E-state index in [2.05, 4.69) is 20.2 Å². The van der Waals surface area contributed by atoms with E-state index in [9.17, 15) is 4.79 Å². The second kappa shape index (κ2) is 8.21. The molecule has 0 saturated carbocycles. The van der Waals surface area contributed by atoms with E-state index in [0.29, 0.717) is 37.9 Å². The van der Waals surface area contributed by atoms with E-state index < -0.39 is 0 Å². The summed E-state index contributed by atoms with van der Waals surface area (Å²) in [5, 5.41) is 6.65. The predicted molar refractivity (Wildman–Crippen MR) is 107 cm³/mol. The Balaban J connectivity index is 1.47. The number of carbonyl (C=O) groups is 1. The van der Waals surface area contributed by atoms with Crippen LogP contribution in [0.25, 0.3) is 10.2 Å². The Morgan fingerprint density at radius 3 is 3.11 bits per heavy atom. The summed E-state index contributed by atoms with van der Waals surface area (Å²) in [5.41, 5.74) is 0.898. The maximum atomic E-state index is 12.7. The van der Waals surface area contributed by atoms with Crippen LogP contribution < -0.4 is 10.2 Å². The van der Waals surface area contributed by atoms with Gasteiger partial charge in [0.15, 0.2) is 0 Å². The highest BCUT2D eigenvalue weighted by Gasteiger charge is 2.26. The van der Waals surface area contributed by atoms with E-state index in [4.69, 9.17) is 16.3 Å². The monoisotopic (exact) mass is 402 g/mol. The maximum Gasteiger partial charge on any atom is 0.227 e. The van der Waals surface area contributed by atoms with Crippen molar-refractivity contribution in [2.24, 2.45) is 5.92 Å². The van der Waals surface area contributed by atoms with E-state index in [0.717, 1.165) is 21.6 Å². The summed E-state index contributed by atoms with van der Waals surface area (Å²) in [7, 11) is 0. The van der Waals surface area contributed by atoms with Gasteiger partial charge < -0.3 is 15.0 Å². The Kier molecular flexibility index (Phi) is 5.52. The number of carbonyl (C=O) groups excluding carboxylic acids is 1. The van der Waals surface area contributed by atoms with Gasteiger partial charge in [0, 0.05) is 24.7 Å². The van der Waals surface area contributed by atoms with Crippen molar-refractivity contribution in [3.63, 3.8) is 0 Å². The molecular formula is C19H19ClN4O2S. The summed E-state index contributed by atoms with van der Waals surface area (Å²) in [6.07, 6.45) is 1.58. The average Bonchev–Trinajstić information content (AvgIpc) is 3.03. The number of amides is 1. The smallest absolute Gasteiger partial charge is 0.227 e. The van der Waals surface area contributed by atoms with Gasteiger partial charge in [-0.25, -0.2) is 9.97 Å². The van der Waals surface area contributed by atoms with Crippen LogP contribution in [0.2, 0.25) is 5.02 Å². The Morgan fingerprint density at radius 2 is 2.22 bits per heavy atom. The van der Waals surface area contributed by atoms with Gasteiger partial charge in [0.2, 0.25) is 5.91 Å². The van der Waals surface area contributed by atoms with Crippen LogP contribution in [-0.4, -0.2) is 42.2 Å². The van der Waals surface area contributed by atoms with Crippen molar-refractivity contribution in [3.05, 3.63) is 52.6 Å². The van der Waals surface area contributed by atoms with Crippen molar-refractivity contribution < 1.29 is 9.53 Å². The molecule has 0 spiro atoms. The fourth-order valence-electron chi connectivity index (χ4n) is 3.16. The standard InChI is InChI=1S/C19H19ClN4O2S/c20-16-4-2-1-3-13(16)9-21-18(25)14-10-24(6-7-26-11-14)17-15-5-8-27-19(15)23-12-22-17/h1-5,8,12,14H,6-7,9-11H2,(H,21,25). The van der Waals surface area contributed by atoms with Crippen molar-refractivity contribution in [3.8, 4) is 0 Å². The molecule has 2 aromatic heterocycles. The lowest BCUT2D eigenvalue weighted by atomic mass is 10.1. The molecule has 1 aliphatic heterocycles. The van der Waals surface area contributed by atoms with Gasteiger partial charge in [-0.3, -0.25) is 4.79 Å². The number of nitrogens with one attached hydrogen (secondary N) is 1. The maximum absolute atomic E-state index is 12.7. The van der Waals surface area contributed by atoms with Crippen molar-refractivity contribution in [1.82, 2.24) is 15.3 Å². The minimum atomic E-state index is -0.279. The van der Waals surface area contributed by atoms with Gasteiger partial charge in [-0.2, -0.15) is 0 Å². The minimum absolute atomic E-state index is 0.0440. The summed E-state index contributed by atoms with van der Waals surface area (Å²) in [4.78, 5) is 24.6. The molecular weight excluding hydrogens is 384 g/mol. The molecule has 8 heteroatoms. The fraction of sp³-hybridized carbons (Fsp3) is 0.316. The second-order valence-corrected chi connectivity index (χ2v) is 7.67. The SMILES string of the molecule is O=C(NCc1ccccc1Cl)C1COCCN(c2ncnc3sccc23)C1. The number of hydrogen-bond acceptors (Lipinski definition) is 6. The van der Waals surface area contributed by atoms with Gasteiger partial charge >= 0.3 is 0 Å². The molecule has 1 atom stereocenters. The van der Waals surface area contributed by atoms with Crippen LogP contribution in [0.4, 0.5) is 5.82 Å². The first kappa shape index (κ1) is 18.2. The van der Waals surface area contributed by atoms with Crippen molar-refractivity contribution in [2.45, 2.75) is 6.54 Å². The summed E-state index contributed by atoms with van der Waals surface area (Å²) in [6.45, 7) is 2.59. The summed E-state index contributed by atoms with van der Waals surface area (Å²) in [5.74, 6) is 0.534. The molecule has 4 rings (SSSR count). The van der Waals surface area contributed by atoms with Crippen LogP contribution in [0.15, 0.2) is 42.0 Å². The van der Waals surface area contributed by atoms with E-state index in [1.165, 1.54) is 0 Å². The molecule has 1 fully saturated rings. The minimum Gasteiger partial charge on any atom is -0.379 e. The lowest BCUT2D eigenvalue weighted by Crippen LogP contribution is -2.39. The topological polar surface area (TPSA) is 67.3 Å². The first-order valence-corrected chi connectivity index (χ1v) is 10.00. The van der Waals surface area contributed by atoms with Gasteiger partial charge in [0.1, 0.15) is 17.0 Å². The molecule has 0 bridgehead atoms. The number of ether oxygens (including phenoxy) is 1. The van der Waals surface area contributed by atoms with E-state index >= 15 is 0 Å². The number of fused-ring (bicyclic) bond motifs is 1. The van der Waals surface area contributed by atoms with E-state index in [1.807, 2.05) is 35.7 Å². The number of rotatable bonds is 4. The van der Waals surface area contributed by atoms with Crippen molar-refractivity contribution >= 4 is 44.9 Å². The summed E-state index contributed by atoms with van der Waals surface area (Å²) >= 11 is 7.75. The molecule has 1 unspecified atom stereocenters. The van der Waals surface area contributed by atoms with Crippen LogP contribution in [0.3, 0.4) is 0 Å². The molecule has 0 aliphatic carbocycles. The Labute approximate surface area is 166 Å². The first-order chi connectivity index (χ1) is 13.2. The predicted octanol–water partition coefficient (Wildman–Crippen LogP) is 3.11. The highest BCUT2D eigenvalue weighted by Crippen LogP contribution is 2.28. The van der Waals surface area contributed by atoms with Gasteiger partial charge in [0.25, 0.3) is 0 Å². The molecule has 1 amide bonds. The largest absolute Gasteiger partial charge is 0.379 e. The normalized spacial score (nSPS) is 17.7. The number of hydrogen-bond donors (Lipinski definition) is 1. The molecule has 1 N–H and O–H groups in total. The third kappa shape index (κ3) is 4.05. The van der Waals surface area contributed by atoms with Crippen molar-refractivity contribution in [1.29, 1.82) is 0 Å². The molecule has 140 valence electrons. The molecule has 1 aliphatic rings. The van der Waals surface area contributed by atoms with Crippen molar-refractivity contribution in [2.75, 3.05) is 31.2 Å². The van der Waals surface area contributed by atoms with Gasteiger partial charge in [0.05, 0.1) is 24.5 Å². The zero-order valence-electron chi connectivity index (χ0n) is 14.6. The van der Waals surface area contributed by atoms with Gasteiger partial charge in [-0.05, 0) is 23.1 Å². The molecule has 1 aromatic carbocycles. The summed E-state index contributed by atoms with van der Waals surface area (Å²) in [6, 6.07) is 9.53. The zero-order valence-corrected chi connectivity index (χ0v) is 16.2. The first-order valence-electron chi connectivity index (χ1n) is 8.74. The Hall–Kier alpha value is -2.22. The van der Waals surface area contributed by atoms with E-state index in [-0.39, 0.29) is 11.8 Å². The van der Waals surface area contributed by atoms with Gasteiger partial charge in [-0.1, -0.05) is 29.8 Å². The number of aromatic nitrogens is 2. The van der Waals surface area contributed by atoms with Crippen LogP contribution in [0, 0.1) is 5.92 Å². The number of thiophene rings is 1. The summed E-state index contributed by atoms with van der Waals surface area (Å²) < 4.78 is 5.68. The third-order valence-corrected chi connectivity index (χ3v) is 5.78. The number of anilines is 1. The van der Waals surface area contributed by atoms with Gasteiger partial charge in [-0.15, -0.1) is 11.3 Å². The highest BCUT2D eigenvalue weighted by atomic mass is 35.5. The van der Waals surface area contributed by atoms with Crippen LogP contribution in [0.5, 0.6) is 0 Å². The molecule has 1 saturated heterocycles. The van der Waals surface area contributed by atoms with Crippen LogP contribution in [0.1, 0.15) is 5.56 Å². The molecule has 0 radical (unpaired) electrons. The van der Waals surface area contributed by atoms with Crippen LogP contribution >= 0.6 is 22.9 Å². The molecule has 6 nitrogen and oxygen atoms in total. The number of halogens is 1. The molecule has 3 aromatic rings. The number of nitrogens with zero attached hydrogens (tertiary/aromatic N) is 3. The van der Waals surface area contributed by atoms with Crippen LogP contribution in [-0.2, 0) is 16.1 Å². The fourth-order valence-corrected chi connectivity index (χ4v) is 4.09.